The van der Waals surface area contributed by atoms with Gasteiger partial charge in [0, 0.05) is 0 Å². The SMILES string of the molecule is CC1(C)O[C@H]([C@H](O)CCl)[C@H](Cn2cnc3c(=O)[nH]cnc32)O1. The van der Waals surface area contributed by atoms with Crippen LogP contribution >= 0.6 is 11.6 Å². The predicted molar refractivity (Wildman–Crippen MR) is 78.7 cm³/mol. The largest absolute Gasteiger partial charge is 0.389 e. The van der Waals surface area contributed by atoms with E-state index < -0.39 is 24.1 Å². The summed E-state index contributed by atoms with van der Waals surface area (Å²) in [5, 5.41) is 10.0. The Labute approximate surface area is 131 Å². The summed E-state index contributed by atoms with van der Waals surface area (Å²) in [4.78, 5) is 22.3. The van der Waals surface area contributed by atoms with E-state index in [0.29, 0.717) is 12.2 Å². The number of nitrogens with zero attached hydrogens (tertiary/aromatic N) is 3. The molecule has 3 heterocycles. The second-order valence-electron chi connectivity index (χ2n) is 5.66. The van der Waals surface area contributed by atoms with Crippen molar-refractivity contribution in [2.45, 2.75) is 44.5 Å². The Morgan fingerprint density at radius 1 is 1.50 bits per heavy atom. The fraction of sp³-hybridized carbons (Fsp3) is 0.615. The molecular weight excluding hydrogens is 312 g/mol. The molecule has 0 bridgehead atoms. The van der Waals surface area contributed by atoms with Crippen molar-refractivity contribution in [3.05, 3.63) is 23.0 Å². The summed E-state index contributed by atoms with van der Waals surface area (Å²) in [6.45, 7) is 3.89. The van der Waals surface area contributed by atoms with Crippen molar-refractivity contribution in [1.82, 2.24) is 19.5 Å². The molecule has 0 aliphatic carbocycles. The van der Waals surface area contributed by atoms with E-state index in [-0.39, 0.29) is 17.0 Å². The van der Waals surface area contributed by atoms with Crippen molar-refractivity contribution in [2.75, 3.05) is 5.88 Å². The molecule has 3 atom stereocenters. The first kappa shape index (κ1) is 15.4. The van der Waals surface area contributed by atoms with Crippen LogP contribution in [0.15, 0.2) is 17.4 Å². The molecule has 0 radical (unpaired) electrons. The van der Waals surface area contributed by atoms with E-state index in [1.54, 1.807) is 18.4 Å². The number of alkyl halides is 1. The van der Waals surface area contributed by atoms with Gasteiger partial charge >= 0.3 is 0 Å². The number of H-pyrrole nitrogens is 1. The zero-order valence-corrected chi connectivity index (χ0v) is 12.9. The van der Waals surface area contributed by atoms with Crippen LogP contribution in [0, 0.1) is 0 Å². The molecule has 1 aliphatic rings. The van der Waals surface area contributed by atoms with Gasteiger partial charge in [-0.3, -0.25) is 4.79 Å². The van der Waals surface area contributed by atoms with Gasteiger partial charge in [0.05, 0.1) is 31.2 Å². The first-order chi connectivity index (χ1) is 10.4. The third kappa shape index (κ3) is 2.74. The van der Waals surface area contributed by atoms with Crippen LogP contribution in [0.25, 0.3) is 11.2 Å². The standard InChI is InChI=1S/C13H17ClN4O4/c1-13(2)21-8(10(22-13)7(19)3-14)4-18-6-17-9-11(18)15-5-16-12(9)20/h5-8,10,19H,3-4H2,1-2H3,(H,15,16,20)/t7-,8+,10-/m1/s1. The van der Waals surface area contributed by atoms with Crippen LogP contribution in [0.4, 0.5) is 0 Å². The normalized spacial score (nSPS) is 25.6. The van der Waals surface area contributed by atoms with Gasteiger partial charge in [0.2, 0.25) is 0 Å². The minimum absolute atomic E-state index is 0.0448. The first-order valence-corrected chi connectivity index (χ1v) is 7.43. The first-order valence-electron chi connectivity index (χ1n) is 6.89. The number of aromatic amines is 1. The summed E-state index contributed by atoms with van der Waals surface area (Å²) in [6, 6.07) is 0. The van der Waals surface area contributed by atoms with Gasteiger partial charge in [-0.05, 0) is 13.8 Å². The van der Waals surface area contributed by atoms with Crippen molar-refractivity contribution in [3.8, 4) is 0 Å². The minimum atomic E-state index is -0.848. The Morgan fingerprint density at radius 3 is 3.00 bits per heavy atom. The number of hydrogen-bond donors (Lipinski definition) is 2. The summed E-state index contributed by atoms with van der Waals surface area (Å²) >= 11 is 5.73. The maximum Gasteiger partial charge on any atom is 0.278 e. The fourth-order valence-corrected chi connectivity index (χ4v) is 2.81. The van der Waals surface area contributed by atoms with Gasteiger partial charge in [0.15, 0.2) is 17.0 Å². The highest BCUT2D eigenvalue weighted by atomic mass is 35.5. The van der Waals surface area contributed by atoms with E-state index in [1.165, 1.54) is 12.7 Å². The zero-order chi connectivity index (χ0) is 15.9. The van der Waals surface area contributed by atoms with Crippen LogP contribution in [0.5, 0.6) is 0 Å². The highest BCUT2D eigenvalue weighted by molar-refractivity contribution is 6.18. The molecule has 2 aromatic heterocycles. The molecule has 8 nitrogen and oxygen atoms in total. The second-order valence-corrected chi connectivity index (χ2v) is 5.97. The monoisotopic (exact) mass is 328 g/mol. The molecule has 0 saturated carbocycles. The van der Waals surface area contributed by atoms with Gasteiger partial charge in [-0.1, -0.05) is 0 Å². The lowest BCUT2D eigenvalue weighted by Gasteiger charge is -2.21. The van der Waals surface area contributed by atoms with Gasteiger partial charge in [0.1, 0.15) is 12.2 Å². The number of aromatic nitrogens is 4. The molecule has 120 valence electrons. The lowest BCUT2D eigenvalue weighted by atomic mass is 10.1. The molecule has 22 heavy (non-hydrogen) atoms. The van der Waals surface area contributed by atoms with E-state index in [1.807, 2.05) is 0 Å². The Morgan fingerprint density at radius 2 is 2.27 bits per heavy atom. The molecule has 1 saturated heterocycles. The number of nitrogens with one attached hydrogen (secondary N) is 1. The van der Waals surface area contributed by atoms with Crippen molar-refractivity contribution in [1.29, 1.82) is 0 Å². The summed E-state index contributed by atoms with van der Waals surface area (Å²) < 4.78 is 13.3. The minimum Gasteiger partial charge on any atom is -0.389 e. The van der Waals surface area contributed by atoms with E-state index in [2.05, 4.69) is 15.0 Å². The number of aliphatic hydroxyl groups excluding tert-OH is 1. The topological polar surface area (TPSA) is 102 Å². The summed E-state index contributed by atoms with van der Waals surface area (Å²) in [7, 11) is 0. The number of aliphatic hydroxyl groups is 1. The summed E-state index contributed by atoms with van der Waals surface area (Å²) in [5.74, 6) is -0.771. The molecule has 0 spiro atoms. The highest BCUT2D eigenvalue weighted by Crippen LogP contribution is 2.31. The van der Waals surface area contributed by atoms with E-state index in [4.69, 9.17) is 21.1 Å². The van der Waals surface area contributed by atoms with Crippen molar-refractivity contribution >= 4 is 22.8 Å². The third-order valence-corrected chi connectivity index (χ3v) is 3.86. The molecule has 9 heteroatoms. The van der Waals surface area contributed by atoms with Gasteiger partial charge in [0.25, 0.3) is 5.56 Å². The van der Waals surface area contributed by atoms with Crippen LogP contribution in [0.3, 0.4) is 0 Å². The van der Waals surface area contributed by atoms with Crippen LogP contribution in [0.2, 0.25) is 0 Å². The zero-order valence-electron chi connectivity index (χ0n) is 12.2. The second kappa shape index (κ2) is 5.62. The Balaban J connectivity index is 1.90. The molecule has 0 aromatic carbocycles. The van der Waals surface area contributed by atoms with E-state index in [0.717, 1.165) is 0 Å². The molecule has 2 aromatic rings. The van der Waals surface area contributed by atoms with Crippen LogP contribution in [-0.2, 0) is 16.0 Å². The fourth-order valence-electron chi connectivity index (χ4n) is 2.64. The summed E-state index contributed by atoms with van der Waals surface area (Å²) in [5.41, 5.74) is 0.413. The number of hydrogen-bond acceptors (Lipinski definition) is 6. The van der Waals surface area contributed by atoms with Crippen molar-refractivity contribution in [3.63, 3.8) is 0 Å². The Kier molecular flexibility index (Phi) is 3.94. The molecule has 0 amide bonds. The van der Waals surface area contributed by atoms with Crippen LogP contribution in [-0.4, -0.2) is 54.6 Å². The Hall–Kier alpha value is -1.48. The smallest absolute Gasteiger partial charge is 0.278 e. The lowest BCUT2D eigenvalue weighted by Crippen LogP contribution is -2.38. The molecule has 0 unspecified atom stereocenters. The Bertz CT molecular complexity index is 728. The quantitative estimate of drug-likeness (QED) is 0.779. The average Bonchev–Trinajstić information content (AvgIpc) is 3.01. The average molecular weight is 329 g/mol. The van der Waals surface area contributed by atoms with Gasteiger partial charge in [-0.25, -0.2) is 9.97 Å². The van der Waals surface area contributed by atoms with Crippen molar-refractivity contribution < 1.29 is 14.6 Å². The van der Waals surface area contributed by atoms with Crippen molar-refractivity contribution in [2.24, 2.45) is 0 Å². The molecule has 3 rings (SSSR count). The number of ether oxygens (including phenoxy) is 2. The molecule has 2 N–H and O–H groups in total. The summed E-state index contributed by atoms with van der Waals surface area (Å²) in [6.07, 6.45) is 1.00. The maximum atomic E-state index is 11.7. The van der Waals surface area contributed by atoms with E-state index in [9.17, 15) is 9.90 Å². The van der Waals surface area contributed by atoms with Gasteiger partial charge in [-0.15, -0.1) is 11.6 Å². The predicted octanol–water partition coefficient (Wildman–Crippen LogP) is 0.239. The number of imidazole rings is 1. The number of fused-ring (bicyclic) bond motifs is 1. The lowest BCUT2D eigenvalue weighted by molar-refractivity contribution is -0.154. The highest BCUT2D eigenvalue weighted by Gasteiger charge is 2.44. The van der Waals surface area contributed by atoms with Gasteiger partial charge < -0.3 is 24.1 Å². The molecule has 1 fully saturated rings. The third-order valence-electron chi connectivity index (χ3n) is 3.54. The maximum absolute atomic E-state index is 11.7. The van der Waals surface area contributed by atoms with Crippen LogP contribution in [0.1, 0.15) is 13.8 Å². The van der Waals surface area contributed by atoms with Crippen LogP contribution < -0.4 is 5.56 Å². The molecule has 1 aliphatic heterocycles. The number of halogens is 1. The van der Waals surface area contributed by atoms with E-state index >= 15 is 0 Å². The van der Waals surface area contributed by atoms with Gasteiger partial charge in [-0.2, -0.15) is 0 Å². The number of rotatable bonds is 4. The molecular formula is C13H17ClN4O4.